The second-order valence-corrected chi connectivity index (χ2v) is 6.16. The third-order valence-corrected chi connectivity index (χ3v) is 4.24. The van der Waals surface area contributed by atoms with Crippen LogP contribution in [0.3, 0.4) is 0 Å². The number of anilines is 3. The van der Waals surface area contributed by atoms with E-state index in [-0.39, 0.29) is 6.03 Å². The van der Waals surface area contributed by atoms with Crippen LogP contribution in [0.25, 0.3) is 0 Å². The van der Waals surface area contributed by atoms with Gasteiger partial charge in [0.1, 0.15) is 0 Å². The number of urea groups is 1. The Kier molecular flexibility index (Phi) is 5.90. The molecule has 2 N–H and O–H groups in total. The van der Waals surface area contributed by atoms with Gasteiger partial charge in [0.05, 0.1) is 25.0 Å². The number of methoxy groups -OCH3 is 1. The second-order valence-electron chi connectivity index (χ2n) is 6.16. The van der Waals surface area contributed by atoms with Crippen LogP contribution in [0.4, 0.5) is 21.9 Å². The number of rotatable bonds is 6. The maximum atomic E-state index is 12.2. The molecule has 25 heavy (non-hydrogen) atoms. The van der Waals surface area contributed by atoms with Gasteiger partial charge in [-0.1, -0.05) is 6.07 Å². The fraction of sp³-hybridized carbons (Fsp3) is 0.444. The largest absolute Gasteiger partial charge is 0.383 e. The zero-order chi connectivity index (χ0) is 17.5. The van der Waals surface area contributed by atoms with Crippen molar-refractivity contribution in [1.29, 1.82) is 0 Å². The van der Waals surface area contributed by atoms with Crippen molar-refractivity contribution in [2.24, 2.45) is 0 Å². The van der Waals surface area contributed by atoms with E-state index in [0.29, 0.717) is 18.8 Å². The molecule has 2 amide bonds. The number of carbonyl (C=O) groups excluding carboxylic acids is 1. The summed E-state index contributed by atoms with van der Waals surface area (Å²) >= 11 is 0. The highest BCUT2D eigenvalue weighted by Crippen LogP contribution is 2.23. The van der Waals surface area contributed by atoms with Crippen LogP contribution in [0.15, 0.2) is 36.7 Å². The molecule has 3 rings (SSSR count). The minimum Gasteiger partial charge on any atom is -0.383 e. The van der Waals surface area contributed by atoms with Gasteiger partial charge in [-0.15, -0.1) is 0 Å². The highest BCUT2D eigenvalue weighted by atomic mass is 16.5. The van der Waals surface area contributed by atoms with Crippen LogP contribution < -0.4 is 15.5 Å². The van der Waals surface area contributed by atoms with E-state index in [0.717, 1.165) is 24.5 Å². The highest BCUT2D eigenvalue weighted by molar-refractivity contribution is 5.99. The van der Waals surface area contributed by atoms with E-state index in [1.807, 2.05) is 18.2 Å². The van der Waals surface area contributed by atoms with Crippen molar-refractivity contribution < 1.29 is 9.53 Å². The Morgan fingerprint density at radius 1 is 1.20 bits per heavy atom. The van der Waals surface area contributed by atoms with Crippen LogP contribution in [0.2, 0.25) is 0 Å². The Bertz CT molecular complexity index is 694. The van der Waals surface area contributed by atoms with E-state index in [1.54, 1.807) is 24.2 Å². The van der Waals surface area contributed by atoms with Gasteiger partial charge in [0.2, 0.25) is 0 Å². The van der Waals surface area contributed by atoms with Gasteiger partial charge in [0.25, 0.3) is 0 Å². The van der Waals surface area contributed by atoms with Gasteiger partial charge in [-0.3, -0.25) is 4.68 Å². The molecule has 2 heterocycles. The minimum atomic E-state index is -0.276. The van der Waals surface area contributed by atoms with E-state index in [1.165, 1.54) is 19.3 Å². The third-order valence-electron chi connectivity index (χ3n) is 4.24. The number of hydrogen-bond donors (Lipinski definition) is 2. The zero-order valence-corrected chi connectivity index (χ0v) is 14.6. The van der Waals surface area contributed by atoms with Gasteiger partial charge in [0, 0.05) is 37.8 Å². The van der Waals surface area contributed by atoms with Crippen LogP contribution in [-0.2, 0) is 11.3 Å². The summed E-state index contributed by atoms with van der Waals surface area (Å²) in [6.07, 6.45) is 7.16. The van der Waals surface area contributed by atoms with Crippen molar-refractivity contribution in [3.8, 4) is 0 Å². The number of amides is 2. The molecular formula is C18H25N5O2. The average molecular weight is 343 g/mol. The Labute approximate surface area is 148 Å². The average Bonchev–Trinajstić information content (AvgIpc) is 3.08. The molecule has 7 heteroatoms. The van der Waals surface area contributed by atoms with Gasteiger partial charge in [-0.05, 0) is 37.5 Å². The molecule has 1 saturated heterocycles. The van der Waals surface area contributed by atoms with Gasteiger partial charge in [-0.2, -0.15) is 5.10 Å². The molecule has 1 aliphatic rings. The molecule has 0 radical (unpaired) electrons. The Morgan fingerprint density at radius 2 is 2.00 bits per heavy atom. The fourth-order valence-electron chi connectivity index (χ4n) is 2.96. The van der Waals surface area contributed by atoms with Crippen molar-refractivity contribution in [1.82, 2.24) is 9.78 Å². The first kappa shape index (κ1) is 17.3. The molecule has 134 valence electrons. The standard InChI is InChI=1S/C18H25N5O2/c1-25-11-10-23-14-16(13-19-23)21-18(24)20-15-6-5-7-17(12-15)22-8-3-2-4-9-22/h5-7,12-14H,2-4,8-11H2,1H3,(H2,20,21,24). The van der Waals surface area contributed by atoms with E-state index in [2.05, 4.69) is 26.7 Å². The summed E-state index contributed by atoms with van der Waals surface area (Å²) in [7, 11) is 1.65. The summed E-state index contributed by atoms with van der Waals surface area (Å²) in [5.41, 5.74) is 2.60. The normalized spacial score (nSPS) is 14.4. The smallest absolute Gasteiger partial charge is 0.323 e. The maximum Gasteiger partial charge on any atom is 0.323 e. The van der Waals surface area contributed by atoms with Crippen molar-refractivity contribution >= 4 is 23.1 Å². The molecule has 0 aliphatic carbocycles. The lowest BCUT2D eigenvalue weighted by molar-refractivity contribution is 0.183. The van der Waals surface area contributed by atoms with Crippen LogP contribution in [0, 0.1) is 0 Å². The zero-order valence-electron chi connectivity index (χ0n) is 14.6. The molecule has 0 saturated carbocycles. The fourth-order valence-corrected chi connectivity index (χ4v) is 2.96. The van der Waals surface area contributed by atoms with Crippen molar-refractivity contribution in [3.63, 3.8) is 0 Å². The number of hydrogen-bond acceptors (Lipinski definition) is 4. The first-order chi connectivity index (χ1) is 12.2. The third kappa shape index (κ3) is 4.96. The molecule has 0 bridgehead atoms. The number of carbonyl (C=O) groups is 1. The van der Waals surface area contributed by atoms with E-state index < -0.39 is 0 Å². The quantitative estimate of drug-likeness (QED) is 0.845. The molecule has 1 aromatic heterocycles. The first-order valence-corrected chi connectivity index (χ1v) is 8.69. The van der Waals surface area contributed by atoms with Crippen molar-refractivity contribution in [3.05, 3.63) is 36.7 Å². The molecular weight excluding hydrogens is 318 g/mol. The number of nitrogens with zero attached hydrogens (tertiary/aromatic N) is 3. The second kappa shape index (κ2) is 8.53. The van der Waals surface area contributed by atoms with E-state index in [9.17, 15) is 4.79 Å². The number of ether oxygens (including phenoxy) is 1. The van der Waals surface area contributed by atoms with E-state index in [4.69, 9.17) is 4.74 Å². The molecule has 0 unspecified atom stereocenters. The van der Waals surface area contributed by atoms with Crippen molar-refractivity contribution in [2.75, 3.05) is 42.3 Å². The number of aromatic nitrogens is 2. The van der Waals surface area contributed by atoms with Crippen LogP contribution in [0.1, 0.15) is 19.3 Å². The van der Waals surface area contributed by atoms with Gasteiger partial charge >= 0.3 is 6.03 Å². The Morgan fingerprint density at radius 3 is 2.80 bits per heavy atom. The van der Waals surface area contributed by atoms with Crippen molar-refractivity contribution in [2.45, 2.75) is 25.8 Å². The molecule has 1 fully saturated rings. The minimum absolute atomic E-state index is 0.276. The molecule has 0 atom stereocenters. The maximum absolute atomic E-state index is 12.2. The summed E-state index contributed by atoms with van der Waals surface area (Å²) in [5.74, 6) is 0. The monoisotopic (exact) mass is 343 g/mol. The van der Waals surface area contributed by atoms with Crippen LogP contribution in [-0.4, -0.2) is 42.6 Å². The van der Waals surface area contributed by atoms with Gasteiger partial charge in [0.15, 0.2) is 0 Å². The lowest BCUT2D eigenvalue weighted by atomic mass is 10.1. The number of benzene rings is 1. The predicted octanol–water partition coefficient (Wildman–Crippen LogP) is 3.16. The van der Waals surface area contributed by atoms with Gasteiger partial charge < -0.3 is 20.3 Å². The SMILES string of the molecule is COCCn1cc(NC(=O)Nc2cccc(N3CCCCC3)c2)cn1. The summed E-state index contributed by atoms with van der Waals surface area (Å²) in [5, 5.41) is 9.86. The molecule has 2 aromatic rings. The van der Waals surface area contributed by atoms with Crippen LogP contribution >= 0.6 is 0 Å². The summed E-state index contributed by atoms with van der Waals surface area (Å²) < 4.78 is 6.74. The lowest BCUT2D eigenvalue weighted by Crippen LogP contribution is -2.29. The Balaban J connectivity index is 1.56. The predicted molar refractivity (Wildman–Crippen MR) is 99.3 cm³/mol. The number of piperidine rings is 1. The summed E-state index contributed by atoms with van der Waals surface area (Å²) in [6, 6.07) is 7.71. The molecule has 1 aliphatic heterocycles. The first-order valence-electron chi connectivity index (χ1n) is 8.69. The molecule has 1 aromatic carbocycles. The highest BCUT2D eigenvalue weighted by Gasteiger charge is 2.12. The summed E-state index contributed by atoms with van der Waals surface area (Å²) in [4.78, 5) is 14.6. The summed E-state index contributed by atoms with van der Waals surface area (Å²) in [6.45, 7) is 3.39. The number of nitrogens with one attached hydrogen (secondary N) is 2. The van der Waals surface area contributed by atoms with Gasteiger partial charge in [-0.25, -0.2) is 4.79 Å². The lowest BCUT2D eigenvalue weighted by Gasteiger charge is -2.29. The topological polar surface area (TPSA) is 71.4 Å². The molecule has 0 spiro atoms. The van der Waals surface area contributed by atoms with E-state index >= 15 is 0 Å². The molecule has 7 nitrogen and oxygen atoms in total. The van der Waals surface area contributed by atoms with Crippen LogP contribution in [0.5, 0.6) is 0 Å². The Hall–Kier alpha value is -2.54.